The first-order valence-electron chi connectivity index (χ1n) is 7.66. The zero-order valence-corrected chi connectivity index (χ0v) is 14.2. The molecule has 5 heteroatoms. The summed E-state index contributed by atoms with van der Waals surface area (Å²) in [4.78, 5) is 13.2. The molecule has 0 spiro atoms. The van der Waals surface area contributed by atoms with Crippen LogP contribution < -0.4 is 15.0 Å². The summed E-state index contributed by atoms with van der Waals surface area (Å²) in [5, 5.41) is 3.39. The number of anilines is 1. The van der Waals surface area contributed by atoms with Crippen LogP contribution in [-0.2, 0) is 11.3 Å². The summed E-state index contributed by atoms with van der Waals surface area (Å²) in [6.07, 6.45) is 0. The zero-order valence-electron chi connectivity index (χ0n) is 13.4. The topological polar surface area (TPSA) is 42.8 Å². The number of benzene rings is 2. The van der Waals surface area contributed by atoms with Gasteiger partial charge in [0.2, 0.25) is 0 Å². The van der Waals surface area contributed by atoms with E-state index in [-0.39, 0.29) is 5.91 Å². The van der Waals surface area contributed by atoms with Crippen LogP contribution in [0.25, 0.3) is 0 Å². The molecule has 2 aromatic carbocycles. The second kappa shape index (κ2) is 8.56. The van der Waals surface area contributed by atoms with E-state index in [1.54, 1.807) is 12.1 Å². The average Bonchev–Trinajstić information content (AvgIpc) is 2.51. The van der Waals surface area contributed by atoms with Crippen molar-refractivity contribution in [1.82, 2.24) is 0 Å². The third kappa shape index (κ3) is 5.58. The molecule has 1 amide bonds. The fraction of sp³-hybridized carbons (Fsp3) is 0.278. The summed E-state index contributed by atoms with van der Waals surface area (Å²) in [5.41, 5.74) is 1.81. The molecule has 1 unspecified atom stereocenters. The van der Waals surface area contributed by atoms with Crippen LogP contribution in [0.15, 0.2) is 48.5 Å². The van der Waals surface area contributed by atoms with Gasteiger partial charge in [0, 0.05) is 5.56 Å². The summed E-state index contributed by atoms with van der Waals surface area (Å²) in [7, 11) is 1.99. The lowest BCUT2D eigenvalue weighted by Crippen LogP contribution is -3.08. The van der Waals surface area contributed by atoms with E-state index < -0.39 is 0 Å². The molecular weight excluding hydrogens is 312 g/mol. The minimum atomic E-state index is -0.0541. The van der Waals surface area contributed by atoms with Crippen molar-refractivity contribution in [1.29, 1.82) is 0 Å². The Labute approximate surface area is 142 Å². The standard InChI is InChI=1S/C18H21ClN2O2/c1-3-23-15-10-8-14(9-11-15)12-21(2)13-18(22)20-17-7-5-4-6-16(17)19/h4-11H,3,12-13H2,1-2H3,(H,20,22)/p+1. The van der Waals surface area contributed by atoms with Crippen LogP contribution in [0.1, 0.15) is 12.5 Å². The smallest absolute Gasteiger partial charge is 0.279 e. The van der Waals surface area contributed by atoms with Crippen LogP contribution in [0.2, 0.25) is 5.02 Å². The molecule has 0 aliphatic rings. The van der Waals surface area contributed by atoms with Crippen molar-refractivity contribution in [3.05, 3.63) is 59.1 Å². The van der Waals surface area contributed by atoms with Crippen LogP contribution in [0.5, 0.6) is 5.75 Å². The number of carbonyl (C=O) groups excluding carboxylic acids is 1. The van der Waals surface area contributed by atoms with Gasteiger partial charge in [0.05, 0.1) is 24.4 Å². The number of ether oxygens (including phenoxy) is 1. The Kier molecular flexibility index (Phi) is 6.44. The molecule has 23 heavy (non-hydrogen) atoms. The highest BCUT2D eigenvalue weighted by Crippen LogP contribution is 2.19. The third-order valence-corrected chi connectivity index (χ3v) is 3.68. The van der Waals surface area contributed by atoms with Gasteiger partial charge in [-0.25, -0.2) is 0 Å². The molecule has 0 radical (unpaired) electrons. The number of para-hydroxylation sites is 1. The van der Waals surface area contributed by atoms with E-state index in [1.807, 2.05) is 50.4 Å². The van der Waals surface area contributed by atoms with E-state index in [2.05, 4.69) is 5.32 Å². The Morgan fingerprint density at radius 2 is 1.87 bits per heavy atom. The van der Waals surface area contributed by atoms with Crippen molar-refractivity contribution < 1.29 is 14.4 Å². The highest BCUT2D eigenvalue weighted by Gasteiger charge is 2.12. The monoisotopic (exact) mass is 333 g/mol. The van der Waals surface area contributed by atoms with Crippen LogP contribution in [0.4, 0.5) is 5.69 Å². The molecule has 0 fully saturated rings. The van der Waals surface area contributed by atoms with Gasteiger partial charge >= 0.3 is 0 Å². The molecule has 0 aliphatic carbocycles. The lowest BCUT2D eigenvalue weighted by Gasteiger charge is -2.14. The Hall–Kier alpha value is -2.04. The number of likely N-dealkylation sites (N-methyl/N-ethyl adjacent to an activating group) is 1. The normalized spacial score (nSPS) is 11.8. The van der Waals surface area contributed by atoms with E-state index in [0.717, 1.165) is 22.8 Å². The van der Waals surface area contributed by atoms with Gasteiger partial charge in [0.15, 0.2) is 6.54 Å². The number of halogens is 1. The van der Waals surface area contributed by atoms with Crippen molar-refractivity contribution in [2.75, 3.05) is 25.5 Å². The second-order valence-electron chi connectivity index (χ2n) is 5.42. The Morgan fingerprint density at radius 3 is 2.52 bits per heavy atom. The molecule has 2 aromatic rings. The Bertz CT molecular complexity index is 644. The van der Waals surface area contributed by atoms with Gasteiger partial charge in [-0.05, 0) is 43.3 Å². The molecule has 2 rings (SSSR count). The average molecular weight is 334 g/mol. The van der Waals surface area contributed by atoms with Gasteiger partial charge in [-0.1, -0.05) is 23.7 Å². The maximum Gasteiger partial charge on any atom is 0.279 e. The second-order valence-corrected chi connectivity index (χ2v) is 5.82. The predicted molar refractivity (Wildman–Crippen MR) is 93.2 cm³/mol. The maximum absolute atomic E-state index is 12.1. The van der Waals surface area contributed by atoms with Gasteiger partial charge in [-0.2, -0.15) is 0 Å². The predicted octanol–water partition coefficient (Wildman–Crippen LogP) is 2.39. The SMILES string of the molecule is CCOc1ccc(C[NH+](C)CC(=O)Nc2ccccc2Cl)cc1. The molecular formula is C18H22ClN2O2+. The van der Waals surface area contributed by atoms with Gasteiger partial charge in [-0.15, -0.1) is 0 Å². The molecule has 0 heterocycles. The maximum atomic E-state index is 12.1. The third-order valence-electron chi connectivity index (χ3n) is 3.35. The molecule has 2 N–H and O–H groups in total. The molecule has 0 saturated heterocycles. The van der Waals surface area contributed by atoms with Crippen molar-refractivity contribution in [2.24, 2.45) is 0 Å². The summed E-state index contributed by atoms with van der Waals surface area (Å²) < 4.78 is 5.42. The first-order chi connectivity index (χ1) is 11.1. The van der Waals surface area contributed by atoms with E-state index in [9.17, 15) is 4.79 Å². The van der Waals surface area contributed by atoms with Crippen molar-refractivity contribution in [3.63, 3.8) is 0 Å². The minimum absolute atomic E-state index is 0.0541. The lowest BCUT2D eigenvalue weighted by atomic mass is 10.2. The van der Waals surface area contributed by atoms with Gasteiger partial charge in [0.25, 0.3) is 5.91 Å². The molecule has 0 aromatic heterocycles. The van der Waals surface area contributed by atoms with E-state index in [4.69, 9.17) is 16.3 Å². The number of nitrogens with one attached hydrogen (secondary N) is 2. The fourth-order valence-electron chi connectivity index (χ4n) is 2.31. The highest BCUT2D eigenvalue weighted by molar-refractivity contribution is 6.33. The van der Waals surface area contributed by atoms with E-state index >= 15 is 0 Å². The van der Waals surface area contributed by atoms with Crippen molar-refractivity contribution >= 4 is 23.2 Å². The quantitative estimate of drug-likeness (QED) is 0.817. The minimum Gasteiger partial charge on any atom is -0.494 e. The number of carbonyl (C=O) groups is 1. The number of quaternary nitrogens is 1. The number of amides is 1. The first-order valence-corrected chi connectivity index (χ1v) is 8.03. The van der Waals surface area contributed by atoms with Gasteiger partial charge < -0.3 is 15.0 Å². The van der Waals surface area contributed by atoms with Crippen LogP contribution >= 0.6 is 11.6 Å². The van der Waals surface area contributed by atoms with Crippen molar-refractivity contribution in [3.8, 4) is 5.75 Å². The van der Waals surface area contributed by atoms with Gasteiger partial charge in [-0.3, -0.25) is 4.79 Å². The van der Waals surface area contributed by atoms with Crippen LogP contribution in [-0.4, -0.2) is 26.1 Å². The fourth-order valence-corrected chi connectivity index (χ4v) is 2.50. The molecule has 1 atom stereocenters. The molecule has 4 nitrogen and oxygen atoms in total. The number of rotatable bonds is 7. The Balaban J connectivity index is 1.85. The zero-order chi connectivity index (χ0) is 16.7. The summed E-state index contributed by atoms with van der Waals surface area (Å²) in [5.74, 6) is 0.812. The number of hydrogen-bond acceptors (Lipinski definition) is 2. The van der Waals surface area contributed by atoms with Crippen molar-refractivity contribution in [2.45, 2.75) is 13.5 Å². The van der Waals surface area contributed by atoms with Crippen LogP contribution in [0, 0.1) is 0 Å². The molecule has 0 aliphatic heterocycles. The summed E-state index contributed by atoms with van der Waals surface area (Å²) in [6.45, 7) is 3.76. The molecule has 122 valence electrons. The summed E-state index contributed by atoms with van der Waals surface area (Å²) in [6, 6.07) is 15.2. The Morgan fingerprint density at radius 1 is 1.17 bits per heavy atom. The van der Waals surface area contributed by atoms with E-state index in [0.29, 0.717) is 23.9 Å². The lowest BCUT2D eigenvalue weighted by molar-refractivity contribution is -0.885. The first kappa shape index (κ1) is 17.3. The van der Waals surface area contributed by atoms with Gasteiger partial charge in [0.1, 0.15) is 12.3 Å². The number of hydrogen-bond donors (Lipinski definition) is 2. The van der Waals surface area contributed by atoms with Crippen LogP contribution in [0.3, 0.4) is 0 Å². The van der Waals surface area contributed by atoms with E-state index in [1.165, 1.54) is 0 Å². The molecule has 0 bridgehead atoms. The summed E-state index contributed by atoms with van der Waals surface area (Å²) >= 11 is 6.04. The largest absolute Gasteiger partial charge is 0.494 e. The highest BCUT2D eigenvalue weighted by atomic mass is 35.5. The molecule has 0 saturated carbocycles.